The van der Waals surface area contributed by atoms with Crippen molar-refractivity contribution in [2.75, 3.05) is 26.2 Å². The van der Waals surface area contributed by atoms with E-state index in [2.05, 4.69) is 5.32 Å². The van der Waals surface area contributed by atoms with Gasteiger partial charge in [-0.2, -0.15) is 4.31 Å². The fraction of sp³-hybridized carbons (Fsp3) is 0.409. The summed E-state index contributed by atoms with van der Waals surface area (Å²) >= 11 is 0. The summed E-state index contributed by atoms with van der Waals surface area (Å²) in [5.41, 5.74) is 0.405. The molecule has 1 amide bonds. The van der Waals surface area contributed by atoms with Gasteiger partial charge in [-0.15, -0.1) is 0 Å². The Morgan fingerprint density at radius 2 is 1.63 bits per heavy atom. The minimum atomic E-state index is -3.52. The lowest BCUT2D eigenvalue weighted by atomic mass is 10.2. The van der Waals surface area contributed by atoms with Crippen molar-refractivity contribution in [3.63, 3.8) is 0 Å². The van der Waals surface area contributed by atoms with Crippen molar-refractivity contribution in [3.8, 4) is 11.5 Å². The average Bonchev–Trinajstić information content (AvgIpc) is 3.08. The van der Waals surface area contributed by atoms with Crippen LogP contribution in [0, 0.1) is 0 Å². The lowest BCUT2D eigenvalue weighted by molar-refractivity contribution is 0.0789. The summed E-state index contributed by atoms with van der Waals surface area (Å²) in [7, 11) is -3.52. The number of carbonyl (C=O) groups excluding carboxylic acids is 1. The number of nitrogens with zero attached hydrogens (tertiary/aromatic N) is 1. The van der Waals surface area contributed by atoms with E-state index in [1.54, 1.807) is 16.4 Å². The Bertz CT molecular complexity index is 983. The van der Waals surface area contributed by atoms with Crippen LogP contribution in [0.4, 0.5) is 0 Å². The summed E-state index contributed by atoms with van der Waals surface area (Å²) < 4.78 is 38.7. The van der Waals surface area contributed by atoms with E-state index in [-0.39, 0.29) is 16.9 Å². The molecule has 1 saturated heterocycles. The number of benzene rings is 2. The molecule has 8 heteroatoms. The van der Waals surface area contributed by atoms with E-state index in [0.717, 1.165) is 25.7 Å². The first-order chi connectivity index (χ1) is 14.5. The molecule has 2 aliphatic heterocycles. The Morgan fingerprint density at radius 1 is 0.967 bits per heavy atom. The Hall–Kier alpha value is -2.58. The van der Waals surface area contributed by atoms with Crippen molar-refractivity contribution in [2.24, 2.45) is 0 Å². The molecule has 0 radical (unpaired) electrons. The molecule has 160 valence electrons. The second-order valence-corrected chi connectivity index (χ2v) is 9.49. The van der Waals surface area contributed by atoms with Crippen molar-refractivity contribution in [2.45, 2.75) is 36.7 Å². The van der Waals surface area contributed by atoms with Crippen LogP contribution in [0.5, 0.6) is 11.5 Å². The number of fused-ring (bicyclic) bond motifs is 1. The van der Waals surface area contributed by atoms with Gasteiger partial charge in [0.15, 0.2) is 11.5 Å². The van der Waals surface area contributed by atoms with Crippen molar-refractivity contribution in [1.82, 2.24) is 9.62 Å². The molecule has 2 heterocycles. The van der Waals surface area contributed by atoms with Gasteiger partial charge in [0.1, 0.15) is 12.7 Å². The Kier molecular flexibility index (Phi) is 6.24. The number of amides is 1. The Morgan fingerprint density at radius 3 is 2.33 bits per heavy atom. The predicted molar refractivity (Wildman–Crippen MR) is 112 cm³/mol. The molecule has 0 spiro atoms. The summed E-state index contributed by atoms with van der Waals surface area (Å²) in [5, 5.41) is 2.83. The maximum absolute atomic E-state index is 12.8. The predicted octanol–water partition coefficient (Wildman–Crippen LogP) is 2.82. The molecule has 0 bridgehead atoms. The fourth-order valence-electron chi connectivity index (χ4n) is 3.68. The van der Waals surface area contributed by atoms with Crippen molar-refractivity contribution in [1.29, 1.82) is 0 Å². The molecule has 0 aromatic heterocycles. The molecule has 2 aromatic carbocycles. The third kappa shape index (κ3) is 4.60. The topological polar surface area (TPSA) is 84.9 Å². The largest absolute Gasteiger partial charge is 0.486 e. The highest BCUT2D eigenvalue weighted by atomic mass is 32.2. The molecule has 2 aliphatic rings. The number of hydrogen-bond donors (Lipinski definition) is 1. The molecule has 30 heavy (non-hydrogen) atoms. The van der Waals surface area contributed by atoms with E-state index in [0.29, 0.717) is 43.3 Å². The first kappa shape index (κ1) is 20.7. The smallest absolute Gasteiger partial charge is 0.251 e. The number of carbonyl (C=O) groups is 1. The molecule has 0 unspecified atom stereocenters. The summed E-state index contributed by atoms with van der Waals surface area (Å²) in [6.07, 6.45) is 3.61. The number of ether oxygens (including phenoxy) is 2. The van der Waals surface area contributed by atoms with E-state index in [1.807, 2.05) is 24.3 Å². The van der Waals surface area contributed by atoms with Crippen molar-refractivity contribution < 1.29 is 22.7 Å². The lowest BCUT2D eigenvalue weighted by Crippen LogP contribution is -2.40. The van der Waals surface area contributed by atoms with Crippen LogP contribution in [0.1, 0.15) is 36.0 Å². The van der Waals surface area contributed by atoms with Gasteiger partial charge in [0.05, 0.1) is 11.4 Å². The first-order valence-corrected chi connectivity index (χ1v) is 11.7. The van der Waals surface area contributed by atoms with Crippen LogP contribution in [0.25, 0.3) is 0 Å². The third-order valence-corrected chi connectivity index (χ3v) is 7.29. The lowest BCUT2D eigenvalue weighted by Gasteiger charge is -2.26. The van der Waals surface area contributed by atoms with Gasteiger partial charge in [-0.3, -0.25) is 4.79 Å². The average molecular weight is 431 g/mol. The number of hydrogen-bond acceptors (Lipinski definition) is 5. The molecule has 0 aliphatic carbocycles. The Labute approximate surface area is 177 Å². The molecule has 1 fully saturated rings. The molecule has 1 atom stereocenters. The van der Waals surface area contributed by atoms with Gasteiger partial charge >= 0.3 is 0 Å². The van der Waals surface area contributed by atoms with Crippen LogP contribution >= 0.6 is 0 Å². The monoisotopic (exact) mass is 430 g/mol. The summed E-state index contributed by atoms with van der Waals surface area (Å²) in [6.45, 7) is 1.75. The zero-order valence-electron chi connectivity index (χ0n) is 16.7. The molecule has 1 N–H and O–H groups in total. The maximum Gasteiger partial charge on any atom is 0.251 e. The zero-order valence-corrected chi connectivity index (χ0v) is 17.6. The third-order valence-electron chi connectivity index (χ3n) is 5.38. The normalized spacial score (nSPS) is 19.7. The van der Waals surface area contributed by atoms with Crippen LogP contribution in [-0.4, -0.2) is 51.0 Å². The van der Waals surface area contributed by atoms with Gasteiger partial charge in [0, 0.05) is 18.7 Å². The zero-order chi connectivity index (χ0) is 21.0. The highest BCUT2D eigenvalue weighted by Gasteiger charge is 2.25. The van der Waals surface area contributed by atoms with Crippen molar-refractivity contribution >= 4 is 15.9 Å². The number of para-hydroxylation sites is 2. The van der Waals surface area contributed by atoms with Gasteiger partial charge < -0.3 is 14.8 Å². The minimum absolute atomic E-state index is 0.224. The second-order valence-electron chi connectivity index (χ2n) is 7.55. The summed E-state index contributed by atoms with van der Waals surface area (Å²) in [4.78, 5) is 12.7. The van der Waals surface area contributed by atoms with E-state index < -0.39 is 10.0 Å². The van der Waals surface area contributed by atoms with Gasteiger partial charge in [0.25, 0.3) is 5.91 Å². The van der Waals surface area contributed by atoms with Gasteiger partial charge in [-0.25, -0.2) is 8.42 Å². The van der Waals surface area contributed by atoms with Crippen LogP contribution in [0.3, 0.4) is 0 Å². The molecule has 4 rings (SSSR count). The molecule has 2 aromatic rings. The standard InChI is InChI=1S/C22H26N2O5S/c25-22(23-15-18-16-28-20-7-3-4-8-21(20)29-18)17-9-11-19(12-10-17)30(26,27)24-13-5-1-2-6-14-24/h3-4,7-12,18H,1-2,5-6,13-16H2,(H,23,25)/t18-/m0/s1. The Balaban J connectivity index is 1.35. The molecular formula is C22H26N2O5S. The van der Waals surface area contributed by atoms with Crippen LogP contribution < -0.4 is 14.8 Å². The van der Waals surface area contributed by atoms with Crippen LogP contribution in [-0.2, 0) is 10.0 Å². The van der Waals surface area contributed by atoms with E-state index in [1.165, 1.54) is 12.1 Å². The fourth-order valence-corrected chi connectivity index (χ4v) is 5.20. The maximum atomic E-state index is 12.8. The number of rotatable bonds is 5. The molecule has 7 nitrogen and oxygen atoms in total. The first-order valence-electron chi connectivity index (χ1n) is 10.3. The quantitative estimate of drug-likeness (QED) is 0.789. The van der Waals surface area contributed by atoms with Crippen molar-refractivity contribution in [3.05, 3.63) is 54.1 Å². The van der Waals surface area contributed by atoms with Crippen LogP contribution in [0.15, 0.2) is 53.4 Å². The van der Waals surface area contributed by atoms with Gasteiger partial charge in [0.2, 0.25) is 10.0 Å². The van der Waals surface area contributed by atoms with E-state index in [9.17, 15) is 13.2 Å². The highest BCUT2D eigenvalue weighted by molar-refractivity contribution is 7.89. The SMILES string of the molecule is O=C(NC[C@H]1COc2ccccc2O1)c1ccc(S(=O)(=O)N2CCCCCC2)cc1. The second kappa shape index (κ2) is 9.06. The molecular weight excluding hydrogens is 404 g/mol. The number of sulfonamides is 1. The highest BCUT2D eigenvalue weighted by Crippen LogP contribution is 2.30. The molecule has 0 saturated carbocycles. The van der Waals surface area contributed by atoms with Gasteiger partial charge in [-0.05, 0) is 49.2 Å². The van der Waals surface area contributed by atoms with Gasteiger partial charge in [-0.1, -0.05) is 25.0 Å². The minimum Gasteiger partial charge on any atom is -0.486 e. The van der Waals surface area contributed by atoms with Crippen LogP contribution in [0.2, 0.25) is 0 Å². The van der Waals surface area contributed by atoms with E-state index in [4.69, 9.17) is 9.47 Å². The number of nitrogens with one attached hydrogen (secondary N) is 1. The summed E-state index contributed by atoms with van der Waals surface area (Å²) in [5.74, 6) is 1.07. The van der Waals surface area contributed by atoms with E-state index >= 15 is 0 Å². The summed E-state index contributed by atoms with van der Waals surface area (Å²) in [6, 6.07) is 13.5.